The third-order valence-corrected chi connectivity index (χ3v) is 3.24. The van der Waals surface area contributed by atoms with Crippen molar-refractivity contribution in [3.8, 4) is 0 Å². The Labute approximate surface area is 119 Å². The van der Waals surface area contributed by atoms with Gasteiger partial charge in [0.1, 0.15) is 0 Å². The maximum Gasteiger partial charge on any atom is 0.0703 e. The van der Waals surface area contributed by atoms with E-state index in [2.05, 4.69) is 6.26 Å². The second-order valence-corrected chi connectivity index (χ2v) is 4.27. The van der Waals surface area contributed by atoms with Crippen molar-refractivity contribution in [2.45, 2.75) is 44.3 Å². The predicted molar refractivity (Wildman–Crippen MR) is 57.3 cm³/mol. The van der Waals surface area contributed by atoms with E-state index in [9.17, 15) is 0 Å². The van der Waals surface area contributed by atoms with Gasteiger partial charge < -0.3 is 4.42 Å². The molecule has 1 saturated carbocycles. The fraction of sp³-hybridized carbons (Fsp3) is 0.667. The molecule has 0 bridgehead atoms. The van der Waals surface area contributed by atoms with Gasteiger partial charge in [0.15, 0.2) is 0 Å². The number of hydrogen-bond acceptors (Lipinski definition) is 1. The van der Waals surface area contributed by atoms with E-state index in [1.165, 1.54) is 32.1 Å². The first-order chi connectivity index (χ1) is 6.86. The Kier molecular flexibility index (Phi) is 6.22. The normalized spacial score (nSPS) is 25.1. The maximum atomic E-state index is 6.01. The first-order valence-electron chi connectivity index (χ1n) is 5.56. The zero-order chi connectivity index (χ0) is 9.80. The van der Waals surface area contributed by atoms with Gasteiger partial charge in [0.05, 0.1) is 7.85 Å². The van der Waals surface area contributed by atoms with Crippen LogP contribution in [0.25, 0.3) is 0 Å². The molecule has 1 nitrogen and oxygen atoms in total. The molecule has 0 saturated heterocycles. The van der Waals surface area contributed by atoms with E-state index < -0.39 is 0 Å². The van der Waals surface area contributed by atoms with Crippen LogP contribution < -0.4 is 0 Å². The van der Waals surface area contributed by atoms with Gasteiger partial charge in [0.25, 0.3) is 0 Å². The summed E-state index contributed by atoms with van der Waals surface area (Å²) in [6.45, 7) is 0. The molecule has 1 aromatic heterocycles. The van der Waals surface area contributed by atoms with Crippen molar-refractivity contribution in [3.63, 3.8) is 0 Å². The van der Waals surface area contributed by atoms with Crippen molar-refractivity contribution in [2.75, 3.05) is 0 Å². The molecule has 3 radical (unpaired) electrons. The quantitative estimate of drug-likeness (QED) is 0.608. The molecular formula is C12H16BOY-. The van der Waals surface area contributed by atoms with Crippen LogP contribution >= 0.6 is 0 Å². The van der Waals surface area contributed by atoms with Gasteiger partial charge in [0, 0.05) is 32.7 Å². The Balaban J connectivity index is 0.00000112. The SMILES string of the molecule is [B]C1CCCC1CCCc1cc[c-]o1.[Y]. The summed E-state index contributed by atoms with van der Waals surface area (Å²) in [5, 5.41) is 0. The molecule has 2 unspecified atom stereocenters. The molecule has 2 rings (SSSR count). The second-order valence-electron chi connectivity index (χ2n) is 4.27. The third-order valence-electron chi connectivity index (χ3n) is 3.24. The molecule has 0 amide bonds. The van der Waals surface area contributed by atoms with Gasteiger partial charge in [-0.3, -0.25) is 0 Å². The zero-order valence-corrected chi connectivity index (χ0v) is 12.0. The molecule has 15 heavy (non-hydrogen) atoms. The minimum Gasteiger partial charge on any atom is -0.596 e. The van der Waals surface area contributed by atoms with Crippen LogP contribution in [0.5, 0.6) is 0 Å². The van der Waals surface area contributed by atoms with Crippen LogP contribution in [0.4, 0.5) is 0 Å². The fourth-order valence-corrected chi connectivity index (χ4v) is 2.37. The average molecular weight is 276 g/mol. The van der Waals surface area contributed by atoms with E-state index in [1.807, 2.05) is 12.1 Å². The minimum atomic E-state index is 0. The summed E-state index contributed by atoms with van der Waals surface area (Å²) in [4.78, 5) is 0. The summed E-state index contributed by atoms with van der Waals surface area (Å²) in [5.74, 6) is 2.27. The molecule has 2 atom stereocenters. The third kappa shape index (κ3) is 4.07. The number of furan rings is 1. The smallest absolute Gasteiger partial charge is 0.0703 e. The summed E-state index contributed by atoms with van der Waals surface area (Å²) >= 11 is 0. The zero-order valence-electron chi connectivity index (χ0n) is 9.11. The molecule has 0 aromatic carbocycles. The molecule has 1 heterocycles. The first kappa shape index (κ1) is 13.5. The number of rotatable bonds is 4. The van der Waals surface area contributed by atoms with Crippen molar-refractivity contribution in [3.05, 3.63) is 24.2 Å². The summed E-state index contributed by atoms with van der Waals surface area (Å²) in [6.07, 6.45) is 10.1. The summed E-state index contributed by atoms with van der Waals surface area (Å²) in [7, 11) is 6.01. The van der Waals surface area contributed by atoms with Crippen LogP contribution in [-0.2, 0) is 39.1 Å². The Morgan fingerprint density at radius 2 is 2.33 bits per heavy atom. The van der Waals surface area contributed by atoms with Crippen molar-refractivity contribution in [2.24, 2.45) is 5.92 Å². The largest absolute Gasteiger partial charge is 0.596 e. The van der Waals surface area contributed by atoms with Gasteiger partial charge in [-0.25, -0.2) is 0 Å². The van der Waals surface area contributed by atoms with E-state index in [-0.39, 0.29) is 32.7 Å². The van der Waals surface area contributed by atoms with Crippen LogP contribution in [0.15, 0.2) is 16.5 Å². The summed E-state index contributed by atoms with van der Waals surface area (Å²) < 4.78 is 5.17. The van der Waals surface area contributed by atoms with Gasteiger partial charge in [-0.1, -0.05) is 50.1 Å². The average Bonchev–Trinajstić information content (AvgIpc) is 2.78. The van der Waals surface area contributed by atoms with Gasteiger partial charge in [-0.2, -0.15) is 6.07 Å². The topological polar surface area (TPSA) is 13.1 Å². The van der Waals surface area contributed by atoms with E-state index in [0.717, 1.165) is 18.1 Å². The van der Waals surface area contributed by atoms with Crippen molar-refractivity contribution < 1.29 is 37.1 Å². The van der Waals surface area contributed by atoms with E-state index in [1.54, 1.807) is 0 Å². The predicted octanol–water partition coefficient (Wildman–Crippen LogP) is 3.16. The Morgan fingerprint density at radius 1 is 1.47 bits per heavy atom. The fourth-order valence-electron chi connectivity index (χ4n) is 2.37. The maximum absolute atomic E-state index is 6.01. The van der Waals surface area contributed by atoms with Crippen molar-refractivity contribution in [1.29, 1.82) is 0 Å². The molecule has 0 N–H and O–H groups in total. The molecule has 1 aliphatic rings. The molecule has 0 spiro atoms. The van der Waals surface area contributed by atoms with Crippen LogP contribution in [0, 0.1) is 12.2 Å². The van der Waals surface area contributed by atoms with Crippen molar-refractivity contribution in [1.82, 2.24) is 0 Å². The van der Waals surface area contributed by atoms with Crippen LogP contribution in [0.1, 0.15) is 37.9 Å². The second kappa shape index (κ2) is 6.91. The van der Waals surface area contributed by atoms with Gasteiger partial charge in [0.2, 0.25) is 0 Å². The minimum absolute atomic E-state index is 0. The Bertz CT molecular complexity index is 261. The Morgan fingerprint density at radius 3 is 2.93 bits per heavy atom. The summed E-state index contributed by atoms with van der Waals surface area (Å²) in [6, 6.07) is 3.82. The first-order valence-corrected chi connectivity index (χ1v) is 5.56. The van der Waals surface area contributed by atoms with Gasteiger partial charge >= 0.3 is 0 Å². The molecule has 77 valence electrons. The number of aryl methyl sites for hydroxylation is 1. The van der Waals surface area contributed by atoms with Crippen molar-refractivity contribution >= 4 is 7.85 Å². The van der Waals surface area contributed by atoms with E-state index in [4.69, 9.17) is 12.3 Å². The van der Waals surface area contributed by atoms with Crippen LogP contribution in [-0.4, -0.2) is 7.85 Å². The van der Waals surface area contributed by atoms with Crippen LogP contribution in [0.2, 0.25) is 5.82 Å². The summed E-state index contributed by atoms with van der Waals surface area (Å²) in [5.41, 5.74) is 0. The molecule has 3 heteroatoms. The van der Waals surface area contributed by atoms with Crippen LogP contribution in [0.3, 0.4) is 0 Å². The van der Waals surface area contributed by atoms with E-state index >= 15 is 0 Å². The van der Waals surface area contributed by atoms with Gasteiger partial charge in [-0.15, -0.1) is 6.07 Å². The molecule has 1 aliphatic carbocycles. The molecule has 1 fully saturated rings. The monoisotopic (exact) mass is 276 g/mol. The van der Waals surface area contributed by atoms with Gasteiger partial charge in [-0.05, 0) is 12.2 Å². The number of hydrogen-bond donors (Lipinski definition) is 0. The molecular weight excluding hydrogens is 260 g/mol. The molecule has 1 aromatic rings. The molecule has 0 aliphatic heterocycles. The standard InChI is InChI=1S/C12H16BO.Y/c13-12-8-2-5-10(12)4-1-6-11-7-3-9-14-11;/h3,7,10,12H,1-2,4-6,8H2;/q-1;. The van der Waals surface area contributed by atoms with E-state index in [0.29, 0.717) is 5.82 Å². The Hall–Kier alpha value is 0.449.